The molecule has 0 unspecified atom stereocenters. The fourth-order valence-electron chi connectivity index (χ4n) is 0. The smallest absolute Gasteiger partial charge is 0.171 e. The maximum atomic E-state index is 10.8. The molecule has 0 aromatic heterocycles. The van der Waals surface area contributed by atoms with Gasteiger partial charge in [0.05, 0.1) is 0 Å². The summed E-state index contributed by atoms with van der Waals surface area (Å²) in [5.74, 6) is 0. The van der Waals surface area contributed by atoms with Gasteiger partial charge in [0, 0.05) is 0 Å². The van der Waals surface area contributed by atoms with Crippen LogP contribution in [0.4, 0.5) is 8.78 Å². The van der Waals surface area contributed by atoms with Gasteiger partial charge in [-0.3, -0.25) is 0 Å². The monoisotopic (exact) mass is 296 g/mol. The third-order valence-corrected chi connectivity index (χ3v) is 1.71. The largest absolute Gasteiger partial charge is 0.300 e. The Bertz CT molecular complexity index is 140. The van der Waals surface area contributed by atoms with Gasteiger partial charge in [-0.05, 0) is 0 Å². The highest BCUT2D eigenvalue weighted by molar-refractivity contribution is 6.67. The minimum absolute atomic E-state index is 0.0988. The van der Waals surface area contributed by atoms with Crippen molar-refractivity contribution in [2.24, 2.45) is 0 Å². The molecule has 0 fully saturated rings. The molecule has 0 amide bonds. The van der Waals surface area contributed by atoms with Crippen LogP contribution in [0.5, 0.6) is 0 Å². The first-order valence-corrected chi connectivity index (χ1v) is 4.28. The van der Waals surface area contributed by atoms with Gasteiger partial charge >= 0.3 is 0 Å². The molecule has 0 heterocycles. The van der Waals surface area contributed by atoms with Crippen molar-refractivity contribution in [3.63, 3.8) is 0 Å². The Balaban J connectivity index is 0. The summed E-state index contributed by atoms with van der Waals surface area (Å²) >= 11 is 29.0. The van der Waals surface area contributed by atoms with Crippen molar-refractivity contribution < 1.29 is 8.78 Å². The fourth-order valence-corrected chi connectivity index (χ4v) is 0. The Labute approximate surface area is 97.6 Å². The topological polar surface area (TPSA) is 0 Å². The highest BCUT2D eigenvalue weighted by Crippen LogP contribution is 2.20. The molecule has 0 aliphatic rings. The molecule has 0 rings (SSSR count). The van der Waals surface area contributed by atoms with Crippen molar-refractivity contribution in [2.45, 2.75) is 0 Å². The Morgan fingerprint density at radius 1 is 0.583 bits per heavy atom. The third kappa shape index (κ3) is 13.7. The quantitative estimate of drug-likeness (QED) is 0.546. The van der Waals surface area contributed by atoms with Crippen LogP contribution in [-0.2, 0) is 0 Å². The van der Waals surface area contributed by atoms with Crippen LogP contribution in [0.1, 0.15) is 0 Å². The highest BCUT2D eigenvalue weighted by atomic mass is 35.5. The normalized spacial score (nSPS) is 8.00. The van der Waals surface area contributed by atoms with E-state index in [1.54, 1.807) is 0 Å². The van der Waals surface area contributed by atoms with E-state index in [1.165, 1.54) is 0 Å². The molecule has 0 saturated heterocycles. The summed E-state index contributed by atoms with van der Waals surface area (Å²) in [7, 11) is 0. The van der Waals surface area contributed by atoms with E-state index in [2.05, 4.69) is 23.2 Å². The summed E-state index contributed by atoms with van der Waals surface area (Å²) in [6.45, 7) is 0. The van der Waals surface area contributed by atoms with Gasteiger partial charge in [0.15, 0.2) is 4.49 Å². The molecule has 0 aliphatic carbocycles. The molecule has 0 N–H and O–H groups in total. The SMILES string of the molecule is ClC(Cl)=C(Cl)Cl.FC(F)=C(Cl)Cl. The highest BCUT2D eigenvalue weighted by Gasteiger charge is 1.93. The van der Waals surface area contributed by atoms with Crippen molar-refractivity contribution in [3.8, 4) is 0 Å². The van der Waals surface area contributed by atoms with Crippen molar-refractivity contribution in [1.29, 1.82) is 0 Å². The molecule has 8 heteroatoms. The fraction of sp³-hybridized carbons (Fsp3) is 0. The zero-order chi connectivity index (χ0) is 10.3. The van der Waals surface area contributed by atoms with Crippen LogP contribution >= 0.6 is 69.6 Å². The lowest BCUT2D eigenvalue weighted by Gasteiger charge is -1.75. The number of hydrogen-bond acceptors (Lipinski definition) is 0. The Hall–Kier alpha value is 1.08. The van der Waals surface area contributed by atoms with Gasteiger partial charge < -0.3 is 0 Å². The molecular weight excluding hydrogens is 299 g/mol. The predicted molar refractivity (Wildman–Crippen MR) is 51.4 cm³/mol. The van der Waals surface area contributed by atoms with Crippen molar-refractivity contribution in [1.82, 2.24) is 0 Å². The number of rotatable bonds is 0. The molecule has 0 aromatic carbocycles. The van der Waals surface area contributed by atoms with Gasteiger partial charge in [0.25, 0.3) is 6.08 Å². The maximum absolute atomic E-state index is 10.8. The lowest BCUT2D eigenvalue weighted by molar-refractivity contribution is 0.421. The predicted octanol–water partition coefficient (Wildman–Crippen LogP) is 5.60. The van der Waals surface area contributed by atoms with E-state index < -0.39 is 10.6 Å². The second-order valence-electron chi connectivity index (χ2n) is 1.04. The summed E-state index contributed by atoms with van der Waals surface area (Å²) in [6.07, 6.45) is -2.04. The van der Waals surface area contributed by atoms with Gasteiger partial charge in [-0.2, -0.15) is 8.78 Å². The van der Waals surface area contributed by atoms with Crippen molar-refractivity contribution >= 4 is 69.6 Å². The number of halogens is 8. The average molecular weight is 299 g/mol. The lowest BCUT2D eigenvalue weighted by atomic mass is 11.1. The third-order valence-electron chi connectivity index (χ3n) is 0.286. The molecule has 12 heavy (non-hydrogen) atoms. The van der Waals surface area contributed by atoms with Crippen molar-refractivity contribution in [2.75, 3.05) is 0 Å². The van der Waals surface area contributed by atoms with E-state index in [1.807, 2.05) is 0 Å². The summed E-state index contributed by atoms with van der Waals surface area (Å²) in [6, 6.07) is 0. The Kier molecular flexibility index (Phi) is 11.2. The summed E-state index contributed by atoms with van der Waals surface area (Å²) in [5.41, 5.74) is 0. The zero-order valence-corrected chi connectivity index (χ0v) is 9.56. The average Bonchev–Trinajstić information content (AvgIpc) is 1.88. The van der Waals surface area contributed by atoms with Crippen LogP contribution < -0.4 is 0 Å². The van der Waals surface area contributed by atoms with Crippen LogP contribution in [0.25, 0.3) is 0 Å². The second kappa shape index (κ2) is 8.67. The molecule has 0 saturated carbocycles. The summed E-state index contributed by atoms with van der Waals surface area (Å²) in [5, 5.41) is 0. The minimum atomic E-state index is -2.04. The first-order valence-electron chi connectivity index (χ1n) is 2.01. The zero-order valence-electron chi connectivity index (χ0n) is 5.02. The minimum Gasteiger partial charge on any atom is -0.171 e. The molecule has 0 spiro atoms. The Morgan fingerprint density at radius 2 is 0.750 bits per heavy atom. The van der Waals surface area contributed by atoms with E-state index >= 15 is 0 Å². The van der Waals surface area contributed by atoms with Crippen molar-refractivity contribution in [3.05, 3.63) is 19.6 Å². The summed E-state index contributed by atoms with van der Waals surface area (Å²) < 4.78 is 20.4. The summed E-state index contributed by atoms with van der Waals surface area (Å²) in [4.78, 5) is 0. The van der Waals surface area contributed by atoms with E-state index in [0.29, 0.717) is 0 Å². The van der Waals surface area contributed by atoms with Crippen LogP contribution in [0, 0.1) is 0 Å². The van der Waals surface area contributed by atoms with Gasteiger partial charge in [-0.25, -0.2) is 0 Å². The van der Waals surface area contributed by atoms with Crippen LogP contribution in [0.3, 0.4) is 0 Å². The molecule has 0 nitrogen and oxygen atoms in total. The van der Waals surface area contributed by atoms with Crippen LogP contribution in [0.15, 0.2) is 19.6 Å². The van der Waals surface area contributed by atoms with E-state index in [9.17, 15) is 8.78 Å². The van der Waals surface area contributed by atoms with E-state index in [-0.39, 0.29) is 8.98 Å². The standard InChI is InChI=1S/C2Cl4.C2Cl2F2/c2*3-1(4)2(5)6. The van der Waals surface area contributed by atoms with Crippen LogP contribution in [0.2, 0.25) is 0 Å². The maximum Gasteiger partial charge on any atom is 0.300 e. The first-order chi connectivity index (χ1) is 5.29. The van der Waals surface area contributed by atoms with E-state index in [4.69, 9.17) is 46.4 Å². The molecule has 0 radical (unpaired) electrons. The van der Waals surface area contributed by atoms with Crippen LogP contribution in [-0.4, -0.2) is 0 Å². The van der Waals surface area contributed by atoms with Gasteiger partial charge in [-0.15, -0.1) is 0 Å². The first kappa shape index (κ1) is 15.5. The van der Waals surface area contributed by atoms with Gasteiger partial charge in [0.1, 0.15) is 8.98 Å². The lowest BCUT2D eigenvalue weighted by Crippen LogP contribution is -1.52. The molecule has 0 aliphatic heterocycles. The molecule has 0 atom stereocenters. The molecule has 0 aromatic rings. The Morgan fingerprint density at radius 3 is 0.750 bits per heavy atom. The van der Waals surface area contributed by atoms with E-state index in [0.717, 1.165) is 0 Å². The molecular formula is C4Cl6F2. The second-order valence-corrected chi connectivity index (χ2v) is 3.89. The number of hydrogen-bond donors (Lipinski definition) is 0. The molecule has 0 bridgehead atoms. The molecule has 72 valence electrons. The van der Waals surface area contributed by atoms with Gasteiger partial charge in [-0.1, -0.05) is 69.6 Å². The van der Waals surface area contributed by atoms with Gasteiger partial charge in [0.2, 0.25) is 0 Å².